The van der Waals surface area contributed by atoms with Crippen LogP contribution < -0.4 is 24.0 Å². The van der Waals surface area contributed by atoms with Crippen LogP contribution in [-0.4, -0.2) is 0 Å². The van der Waals surface area contributed by atoms with E-state index < -0.39 is 0 Å². The summed E-state index contributed by atoms with van der Waals surface area (Å²) in [6.07, 6.45) is 0. The molecule has 78 valence electrons. The lowest BCUT2D eigenvalue weighted by Gasteiger charge is -1.27. The third-order valence-corrected chi connectivity index (χ3v) is 0. The lowest BCUT2D eigenvalue weighted by molar-refractivity contribution is 1.26. The van der Waals surface area contributed by atoms with Crippen molar-refractivity contribution in [3.8, 4) is 0 Å². The van der Waals surface area contributed by atoms with Gasteiger partial charge < -0.3 is 12.3 Å². The molecule has 0 aliphatic rings. The molecule has 0 radical (unpaired) electrons. The van der Waals surface area contributed by atoms with Gasteiger partial charge in [-0.15, -0.1) is 52.6 Å². The van der Waals surface area contributed by atoms with Gasteiger partial charge >= 0.3 is 0 Å². The molecule has 0 aromatic rings. The Morgan fingerprint density at radius 2 is 0.417 bits per heavy atom. The maximum Gasteiger partial charge on any atom is -0.106 e. The number of hydrazine groups is 1. The van der Waals surface area contributed by atoms with Crippen molar-refractivity contribution in [3.05, 3.63) is 52.6 Å². The second-order valence-electron chi connectivity index (χ2n) is 0. The van der Waals surface area contributed by atoms with Gasteiger partial charge in [0.2, 0.25) is 0 Å². The maximum atomic E-state index is 4.00. The lowest BCUT2D eigenvalue weighted by atomic mass is 11.3. The van der Waals surface area contributed by atoms with E-state index in [1.165, 1.54) is 0 Å². The van der Waals surface area contributed by atoms with Crippen LogP contribution in [-0.2, 0) is 0 Å². The molecule has 0 heterocycles. The van der Waals surface area contributed by atoms with Gasteiger partial charge in [0, 0.05) is 0 Å². The van der Waals surface area contributed by atoms with E-state index in [2.05, 4.69) is 64.3 Å². The van der Waals surface area contributed by atoms with Crippen molar-refractivity contribution in [1.82, 2.24) is 12.3 Å². The number of hydrogen-bond donors (Lipinski definition) is 4. The highest BCUT2D eigenvalue weighted by Crippen LogP contribution is 0.868. The minimum Gasteiger partial charge on any atom is -0.344 e. The average molecular weight is 178 g/mol. The van der Waals surface area contributed by atoms with Gasteiger partial charge in [-0.3, -0.25) is 11.7 Å². The summed E-state index contributed by atoms with van der Waals surface area (Å²) >= 11 is 0. The van der Waals surface area contributed by atoms with Gasteiger partial charge in [0.05, 0.1) is 0 Å². The molecule has 0 aromatic heterocycles. The Kier molecular flexibility index (Phi) is 3150. The van der Waals surface area contributed by atoms with Crippen LogP contribution in [0.5, 0.6) is 0 Å². The molecule has 0 amide bonds. The predicted octanol–water partition coefficient (Wildman–Crippen LogP) is 2.35. The van der Waals surface area contributed by atoms with E-state index in [1.807, 2.05) is 0 Å². The first kappa shape index (κ1) is 71.8. The molecule has 0 aliphatic carbocycles. The Balaban J connectivity index is -0.00000000500. The number of hydrogen-bond acceptors (Lipinski definition) is 4. The zero-order valence-electron chi connectivity index (χ0n) is 8.23. The Morgan fingerprint density at radius 1 is 0.417 bits per heavy atom. The molecule has 0 saturated carbocycles. The highest BCUT2D eigenvalue weighted by Gasteiger charge is 0.726. The van der Waals surface area contributed by atoms with Crippen molar-refractivity contribution in [3.63, 3.8) is 0 Å². The average Bonchev–Trinajstić information content (AvgIpc) is 2.20. The predicted molar refractivity (Wildman–Crippen MR) is 63.4 cm³/mol. The Labute approximate surface area is 77.5 Å². The van der Waals surface area contributed by atoms with Crippen LogP contribution in [0.2, 0.25) is 0 Å². The van der Waals surface area contributed by atoms with Crippen molar-refractivity contribution >= 4 is 0 Å². The molecule has 0 aromatic carbocycles. The fourth-order valence-corrected chi connectivity index (χ4v) is 0. The second-order valence-corrected chi connectivity index (χ2v) is 0. The first-order valence-electron chi connectivity index (χ1n) is 2.33. The topological polar surface area (TPSA) is 122 Å². The van der Waals surface area contributed by atoms with Crippen LogP contribution in [0.25, 0.3) is 0 Å². The van der Waals surface area contributed by atoms with E-state index in [4.69, 9.17) is 0 Å². The number of nitrogens with two attached hydrogens (primary N) is 2. The van der Waals surface area contributed by atoms with E-state index >= 15 is 0 Å². The third-order valence-electron chi connectivity index (χ3n) is 0. The van der Waals surface area contributed by atoms with Gasteiger partial charge in [-0.05, 0) is 0 Å². The normalized spacial score (nSPS) is 1.83. The largest absolute Gasteiger partial charge is 0.344 e. The molecule has 0 saturated heterocycles. The number of rotatable bonds is 0. The molecule has 0 unspecified atom stereocenters. The fourth-order valence-electron chi connectivity index (χ4n) is 0. The highest BCUT2D eigenvalue weighted by atomic mass is 15.0. The molecule has 4 nitrogen and oxygen atoms in total. The van der Waals surface area contributed by atoms with Crippen molar-refractivity contribution in [2.75, 3.05) is 0 Å². The highest BCUT2D eigenvalue weighted by molar-refractivity contribution is 4.23. The van der Waals surface area contributed by atoms with E-state index in [9.17, 15) is 0 Å². The maximum absolute atomic E-state index is 4.00. The van der Waals surface area contributed by atoms with Gasteiger partial charge in [-0.2, -0.15) is 0 Å². The van der Waals surface area contributed by atoms with Crippen molar-refractivity contribution in [1.29, 1.82) is 0 Å². The molecular weight excluding hydrogens is 152 g/mol. The standard InChI is InChI=1S/4C2H4.H4N2.2H3N/c5*1-2;;/h5*1-2H2;2*1H3. The van der Waals surface area contributed by atoms with Gasteiger partial charge in [0.25, 0.3) is 0 Å². The Morgan fingerprint density at radius 3 is 0.417 bits per heavy atom. The monoisotopic (exact) mass is 178 g/mol. The first-order chi connectivity index (χ1) is 5.00. The van der Waals surface area contributed by atoms with Crippen LogP contribution in [0.4, 0.5) is 0 Å². The van der Waals surface area contributed by atoms with Gasteiger partial charge in [-0.1, -0.05) is 0 Å². The summed E-state index contributed by atoms with van der Waals surface area (Å²) in [4.78, 5) is 0. The molecule has 0 rings (SSSR count). The molecule has 0 aliphatic heterocycles. The van der Waals surface area contributed by atoms with E-state index in [0.29, 0.717) is 0 Å². The second kappa shape index (κ2) is 527. The molecule has 10 N–H and O–H groups in total. The fraction of sp³-hybridized carbons (Fsp3) is 0. The van der Waals surface area contributed by atoms with Crippen LogP contribution in [0.15, 0.2) is 52.6 Å². The zero-order valence-corrected chi connectivity index (χ0v) is 8.23. The molecule has 0 spiro atoms. The van der Waals surface area contributed by atoms with Gasteiger partial charge in [0.15, 0.2) is 0 Å². The summed E-state index contributed by atoms with van der Waals surface area (Å²) in [7, 11) is 0. The van der Waals surface area contributed by atoms with Crippen molar-refractivity contribution in [2.45, 2.75) is 0 Å². The van der Waals surface area contributed by atoms with E-state index in [-0.39, 0.29) is 12.3 Å². The van der Waals surface area contributed by atoms with E-state index in [1.54, 1.807) is 0 Å². The first-order valence-corrected chi connectivity index (χ1v) is 2.33. The van der Waals surface area contributed by atoms with Crippen LogP contribution >= 0.6 is 0 Å². The van der Waals surface area contributed by atoms with Crippen LogP contribution in [0, 0.1) is 0 Å². The van der Waals surface area contributed by atoms with Crippen molar-refractivity contribution in [2.24, 2.45) is 11.7 Å². The molecule has 0 fully saturated rings. The van der Waals surface area contributed by atoms with Crippen molar-refractivity contribution < 1.29 is 0 Å². The summed E-state index contributed by atoms with van der Waals surface area (Å²) in [5, 5.41) is 0. The summed E-state index contributed by atoms with van der Waals surface area (Å²) in [5.74, 6) is 8.00. The Bertz CT molecular complexity index is 19.0. The molecule has 4 heteroatoms. The van der Waals surface area contributed by atoms with Gasteiger partial charge in [-0.25, -0.2) is 0 Å². The summed E-state index contributed by atoms with van der Waals surface area (Å²) in [6, 6.07) is 0. The summed E-state index contributed by atoms with van der Waals surface area (Å²) in [5.41, 5.74) is 0. The summed E-state index contributed by atoms with van der Waals surface area (Å²) < 4.78 is 0. The SMILES string of the molecule is C=C.C=C.C=C.C=C.N.N.NN. The molecular formula is C8H26N4. The molecule has 12 heavy (non-hydrogen) atoms. The van der Waals surface area contributed by atoms with E-state index in [0.717, 1.165) is 0 Å². The van der Waals surface area contributed by atoms with Crippen LogP contribution in [0.3, 0.4) is 0 Å². The van der Waals surface area contributed by atoms with Gasteiger partial charge in [0.1, 0.15) is 0 Å². The third kappa shape index (κ3) is 372. The quantitative estimate of drug-likeness (QED) is 0.258. The Hall–Kier alpha value is -1.20. The smallest absolute Gasteiger partial charge is 0.106 e. The minimum atomic E-state index is 0. The molecule has 0 atom stereocenters. The lowest BCUT2D eigenvalue weighted by Crippen LogP contribution is -2.02. The molecule has 0 bridgehead atoms. The zero-order chi connectivity index (χ0) is 10.0. The minimum absolute atomic E-state index is 0. The van der Waals surface area contributed by atoms with Crippen LogP contribution in [0.1, 0.15) is 0 Å². The summed E-state index contributed by atoms with van der Waals surface area (Å²) in [6.45, 7) is 24.0.